The van der Waals surface area contributed by atoms with Gasteiger partial charge in [-0.1, -0.05) is 24.0 Å². The summed E-state index contributed by atoms with van der Waals surface area (Å²) in [7, 11) is 1.82. The van der Waals surface area contributed by atoms with Crippen LogP contribution in [0.15, 0.2) is 61.1 Å². The van der Waals surface area contributed by atoms with E-state index in [-0.39, 0.29) is 5.69 Å². The van der Waals surface area contributed by atoms with Gasteiger partial charge in [0.1, 0.15) is 0 Å². The highest BCUT2D eigenvalue weighted by atomic mass is 19.4. The Kier molecular flexibility index (Phi) is 5.75. The Morgan fingerprint density at radius 1 is 0.970 bits per heavy atom. The van der Waals surface area contributed by atoms with Crippen molar-refractivity contribution in [2.45, 2.75) is 13.1 Å². The number of halogens is 3. The van der Waals surface area contributed by atoms with Crippen LogP contribution in [0.3, 0.4) is 0 Å². The second-order valence-electron chi connectivity index (χ2n) is 7.33. The molecule has 2 amide bonds. The maximum absolute atomic E-state index is 12.9. The summed E-state index contributed by atoms with van der Waals surface area (Å²) in [5.74, 6) is 6.19. The van der Waals surface area contributed by atoms with Crippen molar-refractivity contribution < 1.29 is 18.0 Å². The SMILES string of the molecule is Cc1ccc(NC(=O)Nc2cccc(C(F)(F)F)c2)cc1C#Cc1cncc2c1cnn2C. The third kappa shape index (κ3) is 4.96. The number of hydrogen-bond acceptors (Lipinski definition) is 3. The normalized spacial score (nSPS) is 11.1. The Labute approximate surface area is 187 Å². The largest absolute Gasteiger partial charge is 0.416 e. The summed E-state index contributed by atoms with van der Waals surface area (Å²) in [6.07, 6.45) is 0.613. The van der Waals surface area contributed by atoms with Crippen molar-refractivity contribution in [1.82, 2.24) is 14.8 Å². The molecule has 0 fully saturated rings. The van der Waals surface area contributed by atoms with E-state index in [1.807, 2.05) is 14.0 Å². The zero-order valence-electron chi connectivity index (χ0n) is 17.7. The van der Waals surface area contributed by atoms with E-state index in [1.165, 1.54) is 12.1 Å². The molecule has 2 heterocycles. The number of rotatable bonds is 2. The minimum absolute atomic E-state index is 0.0338. The van der Waals surface area contributed by atoms with Gasteiger partial charge in [0, 0.05) is 35.6 Å². The highest BCUT2D eigenvalue weighted by molar-refractivity contribution is 6.00. The van der Waals surface area contributed by atoms with Gasteiger partial charge in [0.2, 0.25) is 0 Å². The first-order chi connectivity index (χ1) is 15.7. The summed E-state index contributed by atoms with van der Waals surface area (Å²) in [4.78, 5) is 16.5. The van der Waals surface area contributed by atoms with Crippen molar-refractivity contribution in [3.05, 3.63) is 83.3 Å². The predicted octanol–water partition coefficient (Wildman–Crippen LogP) is 5.34. The van der Waals surface area contributed by atoms with E-state index in [0.717, 1.165) is 34.2 Å². The molecule has 2 aromatic heterocycles. The van der Waals surface area contributed by atoms with E-state index in [2.05, 4.69) is 32.6 Å². The summed E-state index contributed by atoms with van der Waals surface area (Å²) in [5, 5.41) is 10.1. The van der Waals surface area contributed by atoms with E-state index < -0.39 is 17.8 Å². The third-order valence-electron chi connectivity index (χ3n) is 4.95. The van der Waals surface area contributed by atoms with Gasteiger partial charge in [0.05, 0.1) is 29.0 Å². The molecule has 166 valence electrons. The highest BCUT2D eigenvalue weighted by Gasteiger charge is 2.30. The van der Waals surface area contributed by atoms with Crippen LogP contribution in [0, 0.1) is 18.8 Å². The van der Waals surface area contributed by atoms with Crippen LogP contribution >= 0.6 is 0 Å². The number of pyridine rings is 1. The number of alkyl halides is 3. The lowest BCUT2D eigenvalue weighted by Crippen LogP contribution is -2.20. The number of amides is 2. The van der Waals surface area contributed by atoms with Gasteiger partial charge >= 0.3 is 12.2 Å². The summed E-state index contributed by atoms with van der Waals surface area (Å²) >= 11 is 0. The molecular weight excluding hydrogens is 431 g/mol. The van der Waals surface area contributed by atoms with Gasteiger partial charge in [0.15, 0.2) is 0 Å². The monoisotopic (exact) mass is 449 g/mol. The van der Waals surface area contributed by atoms with Crippen molar-refractivity contribution in [2.75, 3.05) is 10.6 Å². The van der Waals surface area contributed by atoms with Gasteiger partial charge in [-0.2, -0.15) is 18.3 Å². The van der Waals surface area contributed by atoms with Crippen molar-refractivity contribution in [1.29, 1.82) is 0 Å². The topological polar surface area (TPSA) is 71.8 Å². The summed E-state index contributed by atoms with van der Waals surface area (Å²) in [6, 6.07) is 8.95. The molecule has 0 saturated heterocycles. The molecule has 0 aliphatic rings. The molecule has 0 radical (unpaired) electrons. The van der Waals surface area contributed by atoms with Crippen LogP contribution < -0.4 is 10.6 Å². The fraction of sp³-hybridized carbons (Fsp3) is 0.125. The minimum Gasteiger partial charge on any atom is -0.308 e. The Hall–Kier alpha value is -4.32. The van der Waals surface area contributed by atoms with Crippen molar-refractivity contribution >= 4 is 28.3 Å². The third-order valence-corrected chi connectivity index (χ3v) is 4.95. The van der Waals surface area contributed by atoms with Crippen LogP contribution in [0.5, 0.6) is 0 Å². The fourth-order valence-electron chi connectivity index (χ4n) is 3.19. The molecule has 2 aromatic carbocycles. The van der Waals surface area contributed by atoms with Crippen LogP contribution in [0.1, 0.15) is 22.3 Å². The van der Waals surface area contributed by atoms with Crippen LogP contribution in [-0.4, -0.2) is 20.8 Å². The number of carbonyl (C=O) groups is 1. The lowest BCUT2D eigenvalue weighted by atomic mass is 10.1. The van der Waals surface area contributed by atoms with Crippen LogP contribution in [0.2, 0.25) is 0 Å². The van der Waals surface area contributed by atoms with E-state index >= 15 is 0 Å². The number of fused-ring (bicyclic) bond motifs is 1. The Balaban J connectivity index is 1.52. The van der Waals surface area contributed by atoms with Crippen LogP contribution in [0.4, 0.5) is 29.3 Å². The lowest BCUT2D eigenvalue weighted by Gasteiger charge is -2.11. The summed E-state index contributed by atoms with van der Waals surface area (Å²) in [5.41, 5.74) is 2.82. The van der Waals surface area contributed by atoms with Gasteiger partial charge in [-0.05, 0) is 42.8 Å². The van der Waals surface area contributed by atoms with E-state index in [9.17, 15) is 18.0 Å². The Morgan fingerprint density at radius 2 is 1.70 bits per heavy atom. The average molecular weight is 449 g/mol. The van der Waals surface area contributed by atoms with Gasteiger partial charge in [-0.15, -0.1) is 0 Å². The smallest absolute Gasteiger partial charge is 0.308 e. The van der Waals surface area contributed by atoms with Gasteiger partial charge < -0.3 is 10.6 Å². The van der Waals surface area contributed by atoms with Crippen molar-refractivity contribution in [3.63, 3.8) is 0 Å². The van der Waals surface area contributed by atoms with E-state index in [4.69, 9.17) is 0 Å². The highest BCUT2D eigenvalue weighted by Crippen LogP contribution is 2.30. The second-order valence-corrected chi connectivity index (χ2v) is 7.33. The number of hydrogen-bond donors (Lipinski definition) is 2. The van der Waals surface area contributed by atoms with Crippen LogP contribution in [-0.2, 0) is 13.2 Å². The molecule has 9 heteroatoms. The molecular formula is C24H18F3N5O. The molecule has 0 aliphatic heterocycles. The molecule has 0 atom stereocenters. The summed E-state index contributed by atoms with van der Waals surface area (Å²) < 4.78 is 40.3. The first-order valence-corrected chi connectivity index (χ1v) is 9.84. The first-order valence-electron chi connectivity index (χ1n) is 9.84. The van der Waals surface area contributed by atoms with Crippen molar-refractivity contribution in [3.8, 4) is 11.8 Å². The van der Waals surface area contributed by atoms with Gasteiger partial charge in [0.25, 0.3) is 0 Å². The molecule has 0 spiro atoms. The predicted molar refractivity (Wildman–Crippen MR) is 120 cm³/mol. The quantitative estimate of drug-likeness (QED) is 0.406. The fourth-order valence-corrected chi connectivity index (χ4v) is 3.19. The second kappa shape index (κ2) is 8.67. The molecule has 6 nitrogen and oxygen atoms in total. The maximum Gasteiger partial charge on any atom is 0.416 e. The number of nitrogens with one attached hydrogen (secondary N) is 2. The number of carbonyl (C=O) groups excluding carboxylic acids is 1. The van der Waals surface area contributed by atoms with Crippen LogP contribution in [0.25, 0.3) is 10.9 Å². The van der Waals surface area contributed by atoms with E-state index in [0.29, 0.717) is 11.3 Å². The molecule has 33 heavy (non-hydrogen) atoms. The molecule has 0 unspecified atom stereocenters. The number of anilines is 2. The number of aryl methyl sites for hydroxylation is 2. The Morgan fingerprint density at radius 3 is 2.45 bits per heavy atom. The molecule has 2 N–H and O–H groups in total. The standard InChI is InChI=1S/C24H18F3N5O/c1-15-6-9-20(31-23(33)30-19-5-3-4-18(11-19)24(25,26)27)10-16(15)7-8-17-12-28-14-22-21(17)13-29-32(22)2/h3-6,9-14H,1-2H3,(H2,30,31,33). The van der Waals surface area contributed by atoms with Gasteiger partial charge in [-0.25, -0.2) is 4.79 Å². The van der Waals surface area contributed by atoms with Gasteiger partial charge in [-0.3, -0.25) is 9.67 Å². The number of aromatic nitrogens is 3. The molecule has 4 aromatic rings. The maximum atomic E-state index is 12.9. The molecule has 0 aliphatic carbocycles. The minimum atomic E-state index is -4.49. The number of benzene rings is 2. The molecule has 4 rings (SSSR count). The lowest BCUT2D eigenvalue weighted by molar-refractivity contribution is -0.137. The summed E-state index contributed by atoms with van der Waals surface area (Å²) in [6.45, 7) is 1.89. The van der Waals surface area contributed by atoms with Crippen molar-refractivity contribution in [2.24, 2.45) is 7.05 Å². The number of nitrogens with zero attached hydrogens (tertiary/aromatic N) is 3. The first kappa shape index (κ1) is 21.9. The average Bonchev–Trinajstić information content (AvgIpc) is 3.15. The number of urea groups is 1. The van der Waals surface area contributed by atoms with E-state index in [1.54, 1.807) is 41.5 Å². The zero-order chi connectivity index (χ0) is 23.6. The molecule has 0 bridgehead atoms. The zero-order valence-corrected chi connectivity index (χ0v) is 17.7. The Bertz CT molecular complexity index is 1410. The molecule has 0 saturated carbocycles.